The van der Waals surface area contributed by atoms with Gasteiger partial charge in [-0.25, -0.2) is 0 Å². The van der Waals surface area contributed by atoms with Crippen molar-refractivity contribution in [2.24, 2.45) is 0 Å². The number of benzene rings is 2. The molecular weight excluding hydrogens is 246 g/mol. The van der Waals surface area contributed by atoms with Crippen LogP contribution in [-0.2, 0) is 6.42 Å². The second kappa shape index (κ2) is 6.31. The highest BCUT2D eigenvalue weighted by Crippen LogP contribution is 2.15. The SMILES string of the molecule is COc1cccc(CC[N]c2ccc(Cl)cc2)c1. The molecule has 18 heavy (non-hydrogen) atoms. The fourth-order valence-corrected chi connectivity index (χ4v) is 1.81. The molecule has 3 heteroatoms. The van der Waals surface area contributed by atoms with Gasteiger partial charge in [0.05, 0.1) is 12.8 Å². The van der Waals surface area contributed by atoms with E-state index in [0.29, 0.717) is 0 Å². The van der Waals surface area contributed by atoms with Gasteiger partial charge in [0.1, 0.15) is 5.75 Å². The van der Waals surface area contributed by atoms with Gasteiger partial charge in [-0.2, -0.15) is 0 Å². The molecule has 0 heterocycles. The minimum atomic E-state index is 0.738. The van der Waals surface area contributed by atoms with Crippen molar-refractivity contribution in [2.45, 2.75) is 6.42 Å². The first-order valence-corrected chi connectivity index (χ1v) is 6.22. The van der Waals surface area contributed by atoms with E-state index in [9.17, 15) is 0 Å². The molecule has 0 fully saturated rings. The van der Waals surface area contributed by atoms with Gasteiger partial charge in [0.2, 0.25) is 0 Å². The topological polar surface area (TPSA) is 23.3 Å². The van der Waals surface area contributed by atoms with Crippen LogP contribution in [0.5, 0.6) is 5.75 Å². The van der Waals surface area contributed by atoms with Crippen molar-refractivity contribution in [3.8, 4) is 5.75 Å². The minimum absolute atomic E-state index is 0.738. The minimum Gasteiger partial charge on any atom is -0.497 e. The van der Waals surface area contributed by atoms with Crippen molar-refractivity contribution in [3.05, 3.63) is 59.1 Å². The van der Waals surface area contributed by atoms with E-state index in [0.717, 1.165) is 29.4 Å². The molecule has 2 nitrogen and oxygen atoms in total. The Balaban J connectivity index is 1.86. The standard InChI is InChI=1S/C15H15ClNO/c1-18-15-4-2-3-12(11-15)9-10-17-14-7-5-13(16)6-8-14/h2-8,11H,9-10H2,1H3. The van der Waals surface area contributed by atoms with E-state index in [1.165, 1.54) is 5.56 Å². The summed E-state index contributed by atoms with van der Waals surface area (Å²) < 4.78 is 5.19. The number of halogens is 1. The summed E-state index contributed by atoms with van der Waals surface area (Å²) in [4.78, 5) is 0. The largest absolute Gasteiger partial charge is 0.497 e. The lowest BCUT2D eigenvalue weighted by atomic mass is 10.1. The van der Waals surface area contributed by atoms with Gasteiger partial charge in [-0.05, 0) is 48.4 Å². The Bertz CT molecular complexity index is 496. The normalized spacial score (nSPS) is 10.1. The smallest absolute Gasteiger partial charge is 0.119 e. The molecule has 1 radical (unpaired) electrons. The maximum atomic E-state index is 5.82. The predicted octanol–water partition coefficient (Wildman–Crippen LogP) is 3.83. The molecular formula is C15H15ClNO. The monoisotopic (exact) mass is 260 g/mol. The number of hydrogen-bond acceptors (Lipinski definition) is 1. The fraction of sp³-hybridized carbons (Fsp3) is 0.200. The molecule has 2 rings (SSSR count). The molecule has 0 N–H and O–H groups in total. The predicted molar refractivity (Wildman–Crippen MR) is 74.8 cm³/mol. The second-order valence-electron chi connectivity index (χ2n) is 3.96. The molecule has 0 saturated heterocycles. The highest BCUT2D eigenvalue weighted by atomic mass is 35.5. The lowest BCUT2D eigenvalue weighted by Gasteiger charge is -2.05. The van der Waals surface area contributed by atoms with Crippen LogP contribution in [0.3, 0.4) is 0 Å². The molecule has 0 amide bonds. The number of rotatable bonds is 5. The summed E-state index contributed by atoms with van der Waals surface area (Å²) >= 11 is 5.82. The van der Waals surface area contributed by atoms with Crippen LogP contribution >= 0.6 is 11.6 Å². The zero-order valence-corrected chi connectivity index (χ0v) is 11.0. The molecule has 0 aliphatic rings. The highest BCUT2D eigenvalue weighted by Gasteiger charge is 1.98. The molecule has 0 atom stereocenters. The first-order valence-electron chi connectivity index (χ1n) is 5.84. The Morgan fingerprint density at radius 3 is 2.61 bits per heavy atom. The number of methoxy groups -OCH3 is 1. The average molecular weight is 261 g/mol. The molecule has 0 aliphatic heterocycles. The van der Waals surface area contributed by atoms with E-state index in [1.54, 1.807) is 7.11 Å². The van der Waals surface area contributed by atoms with Crippen molar-refractivity contribution < 1.29 is 4.74 Å². The van der Waals surface area contributed by atoms with E-state index in [1.807, 2.05) is 42.5 Å². The Hall–Kier alpha value is -1.67. The third-order valence-corrected chi connectivity index (χ3v) is 2.91. The van der Waals surface area contributed by atoms with Gasteiger partial charge >= 0.3 is 0 Å². The van der Waals surface area contributed by atoms with Crippen molar-refractivity contribution >= 4 is 17.3 Å². The van der Waals surface area contributed by atoms with Crippen LogP contribution in [0.1, 0.15) is 5.56 Å². The van der Waals surface area contributed by atoms with Gasteiger partial charge in [0.25, 0.3) is 0 Å². The first kappa shape index (κ1) is 12.8. The summed E-state index contributed by atoms with van der Waals surface area (Å²) in [5, 5.41) is 5.24. The third kappa shape index (κ3) is 3.67. The Morgan fingerprint density at radius 2 is 1.89 bits per heavy atom. The van der Waals surface area contributed by atoms with Crippen LogP contribution < -0.4 is 10.1 Å². The zero-order chi connectivity index (χ0) is 12.8. The number of nitrogens with zero attached hydrogens (tertiary/aromatic N) is 1. The summed E-state index contributed by atoms with van der Waals surface area (Å²) in [7, 11) is 1.68. The molecule has 0 unspecified atom stereocenters. The summed E-state index contributed by atoms with van der Waals surface area (Å²) in [5.41, 5.74) is 2.19. The lowest BCUT2D eigenvalue weighted by molar-refractivity contribution is 0.414. The maximum Gasteiger partial charge on any atom is 0.119 e. The maximum absolute atomic E-state index is 5.82. The molecule has 0 saturated carbocycles. The first-order chi connectivity index (χ1) is 8.78. The number of hydrogen-bond donors (Lipinski definition) is 0. The van der Waals surface area contributed by atoms with E-state index < -0.39 is 0 Å². The molecule has 0 bridgehead atoms. The highest BCUT2D eigenvalue weighted by molar-refractivity contribution is 6.30. The summed E-state index contributed by atoms with van der Waals surface area (Å²) in [6.45, 7) is 0.759. The molecule has 0 aromatic heterocycles. The molecule has 2 aromatic carbocycles. The summed E-state index contributed by atoms with van der Waals surface area (Å²) in [6, 6.07) is 15.6. The Labute approximate surface area is 113 Å². The van der Waals surface area contributed by atoms with Gasteiger partial charge in [-0.3, -0.25) is 5.32 Å². The summed E-state index contributed by atoms with van der Waals surface area (Å²) in [5.74, 6) is 0.888. The molecule has 0 aliphatic carbocycles. The van der Waals surface area contributed by atoms with Gasteiger partial charge < -0.3 is 4.74 Å². The van der Waals surface area contributed by atoms with E-state index >= 15 is 0 Å². The molecule has 2 aromatic rings. The fourth-order valence-electron chi connectivity index (χ4n) is 1.69. The van der Waals surface area contributed by atoms with Crippen LogP contribution in [0.4, 0.5) is 5.69 Å². The summed E-state index contributed by atoms with van der Waals surface area (Å²) in [6.07, 6.45) is 0.903. The van der Waals surface area contributed by atoms with Crippen molar-refractivity contribution in [2.75, 3.05) is 13.7 Å². The van der Waals surface area contributed by atoms with Crippen molar-refractivity contribution in [1.29, 1.82) is 0 Å². The lowest BCUT2D eigenvalue weighted by Crippen LogP contribution is -2.03. The third-order valence-electron chi connectivity index (χ3n) is 2.66. The van der Waals surface area contributed by atoms with Gasteiger partial charge in [0, 0.05) is 11.6 Å². The van der Waals surface area contributed by atoms with E-state index in [2.05, 4.69) is 11.4 Å². The van der Waals surface area contributed by atoms with Crippen LogP contribution in [0.15, 0.2) is 48.5 Å². The van der Waals surface area contributed by atoms with Crippen LogP contribution in [0, 0.1) is 0 Å². The van der Waals surface area contributed by atoms with Gasteiger partial charge in [-0.15, -0.1) is 0 Å². The Morgan fingerprint density at radius 1 is 1.11 bits per heavy atom. The Kier molecular flexibility index (Phi) is 4.48. The van der Waals surface area contributed by atoms with Gasteiger partial charge in [-0.1, -0.05) is 23.7 Å². The quantitative estimate of drug-likeness (QED) is 0.801. The van der Waals surface area contributed by atoms with Crippen LogP contribution in [0.25, 0.3) is 0 Å². The van der Waals surface area contributed by atoms with Crippen molar-refractivity contribution in [3.63, 3.8) is 0 Å². The van der Waals surface area contributed by atoms with E-state index in [4.69, 9.17) is 16.3 Å². The van der Waals surface area contributed by atoms with Crippen molar-refractivity contribution in [1.82, 2.24) is 5.32 Å². The second-order valence-corrected chi connectivity index (χ2v) is 4.40. The van der Waals surface area contributed by atoms with Crippen LogP contribution in [-0.4, -0.2) is 13.7 Å². The molecule has 93 valence electrons. The zero-order valence-electron chi connectivity index (χ0n) is 10.3. The molecule has 0 spiro atoms. The van der Waals surface area contributed by atoms with Gasteiger partial charge in [0.15, 0.2) is 0 Å². The van der Waals surface area contributed by atoms with E-state index in [-0.39, 0.29) is 0 Å². The van der Waals surface area contributed by atoms with Crippen LogP contribution in [0.2, 0.25) is 5.02 Å². The average Bonchev–Trinajstić information content (AvgIpc) is 2.41. The number of ether oxygens (including phenoxy) is 1.